The molecule has 0 aliphatic heterocycles. The van der Waals surface area contributed by atoms with E-state index in [1.165, 1.54) is 19.2 Å². The normalized spacial score (nSPS) is 9.88. The molecule has 0 saturated carbocycles. The molecule has 0 saturated heterocycles. The number of benzene rings is 1. The summed E-state index contributed by atoms with van der Waals surface area (Å²) in [6.07, 6.45) is 1.85. The third-order valence-corrected chi connectivity index (χ3v) is 2.23. The van der Waals surface area contributed by atoms with Crippen molar-refractivity contribution in [2.45, 2.75) is 6.61 Å². The van der Waals surface area contributed by atoms with Crippen molar-refractivity contribution in [3.63, 3.8) is 0 Å². The van der Waals surface area contributed by atoms with Gasteiger partial charge in [-0.15, -0.1) is 0 Å². The van der Waals surface area contributed by atoms with Gasteiger partial charge in [0.2, 0.25) is 0 Å². The van der Waals surface area contributed by atoms with Crippen molar-refractivity contribution in [1.29, 1.82) is 0 Å². The summed E-state index contributed by atoms with van der Waals surface area (Å²) in [5, 5.41) is 0. The van der Waals surface area contributed by atoms with Crippen molar-refractivity contribution in [1.82, 2.24) is 0 Å². The van der Waals surface area contributed by atoms with Crippen molar-refractivity contribution in [2.75, 3.05) is 20.0 Å². The Morgan fingerprint density at radius 3 is 2.81 bits per heavy atom. The SMILES string of the molecule is COC(=O)COc1ccccc1COSC. The van der Waals surface area contributed by atoms with Gasteiger partial charge in [0.05, 0.1) is 13.7 Å². The van der Waals surface area contributed by atoms with Gasteiger partial charge in [0.25, 0.3) is 0 Å². The van der Waals surface area contributed by atoms with Gasteiger partial charge in [0.1, 0.15) is 5.75 Å². The summed E-state index contributed by atoms with van der Waals surface area (Å²) in [6.45, 7) is 0.352. The summed E-state index contributed by atoms with van der Waals surface area (Å²) < 4.78 is 15.0. The first kappa shape index (κ1) is 12.9. The molecular weight excluding hydrogens is 228 g/mol. The first-order chi connectivity index (χ1) is 7.77. The maximum atomic E-state index is 10.9. The minimum absolute atomic E-state index is 0.0905. The summed E-state index contributed by atoms with van der Waals surface area (Å²) in [5.41, 5.74) is 0.903. The van der Waals surface area contributed by atoms with Crippen molar-refractivity contribution in [3.05, 3.63) is 29.8 Å². The van der Waals surface area contributed by atoms with Gasteiger partial charge in [-0.25, -0.2) is 4.79 Å². The molecule has 1 aromatic carbocycles. The molecule has 16 heavy (non-hydrogen) atoms. The molecule has 0 aliphatic rings. The molecule has 4 nitrogen and oxygen atoms in total. The number of methoxy groups -OCH3 is 1. The van der Waals surface area contributed by atoms with Crippen LogP contribution in [0.5, 0.6) is 5.75 Å². The molecule has 0 atom stereocenters. The first-order valence-corrected chi connectivity index (χ1v) is 5.86. The molecule has 0 heterocycles. The largest absolute Gasteiger partial charge is 0.482 e. The lowest BCUT2D eigenvalue weighted by Gasteiger charge is -2.09. The molecule has 88 valence electrons. The van der Waals surface area contributed by atoms with Gasteiger partial charge in [0, 0.05) is 11.8 Å². The van der Waals surface area contributed by atoms with Crippen molar-refractivity contribution in [3.8, 4) is 5.75 Å². The Kier molecular flexibility index (Phi) is 5.74. The maximum absolute atomic E-state index is 10.9. The number of hydrogen-bond donors (Lipinski definition) is 0. The lowest BCUT2D eigenvalue weighted by Crippen LogP contribution is -2.13. The van der Waals surface area contributed by atoms with E-state index < -0.39 is 5.97 Å². The van der Waals surface area contributed by atoms with E-state index in [2.05, 4.69) is 4.74 Å². The van der Waals surface area contributed by atoms with Crippen LogP contribution in [-0.4, -0.2) is 25.9 Å². The van der Waals surface area contributed by atoms with Gasteiger partial charge in [-0.2, -0.15) is 0 Å². The molecule has 0 radical (unpaired) electrons. The second-order valence-corrected chi connectivity index (χ2v) is 3.47. The Labute approximate surface area is 99.1 Å². The Balaban J connectivity index is 2.59. The van der Waals surface area contributed by atoms with Crippen LogP contribution in [-0.2, 0) is 20.3 Å². The van der Waals surface area contributed by atoms with Gasteiger partial charge in [-0.3, -0.25) is 0 Å². The van der Waals surface area contributed by atoms with E-state index in [0.717, 1.165) is 5.56 Å². The van der Waals surface area contributed by atoms with Crippen LogP contribution in [0.25, 0.3) is 0 Å². The fraction of sp³-hybridized carbons (Fsp3) is 0.364. The highest BCUT2D eigenvalue weighted by Gasteiger charge is 2.06. The molecule has 1 rings (SSSR count). The number of ether oxygens (including phenoxy) is 2. The number of rotatable bonds is 6. The fourth-order valence-electron chi connectivity index (χ4n) is 1.08. The quantitative estimate of drug-likeness (QED) is 0.564. The molecule has 0 bridgehead atoms. The minimum Gasteiger partial charge on any atom is -0.482 e. The molecule has 1 aromatic rings. The van der Waals surface area contributed by atoms with Crippen molar-refractivity contribution in [2.24, 2.45) is 0 Å². The number of carbonyl (C=O) groups is 1. The molecule has 0 amide bonds. The topological polar surface area (TPSA) is 44.8 Å². The fourth-order valence-corrected chi connectivity index (χ4v) is 1.33. The predicted octanol–water partition coefficient (Wildman–Crippen LogP) is 2.03. The number of para-hydroxylation sites is 1. The summed E-state index contributed by atoms with van der Waals surface area (Å²) in [7, 11) is 1.33. The van der Waals surface area contributed by atoms with Gasteiger partial charge < -0.3 is 13.7 Å². The van der Waals surface area contributed by atoms with Crippen LogP contribution in [0.15, 0.2) is 24.3 Å². The Morgan fingerprint density at radius 2 is 2.12 bits per heavy atom. The summed E-state index contributed by atoms with van der Waals surface area (Å²) in [6, 6.07) is 7.42. The Morgan fingerprint density at radius 1 is 1.38 bits per heavy atom. The van der Waals surface area contributed by atoms with Crippen molar-refractivity contribution < 1.29 is 18.5 Å². The van der Waals surface area contributed by atoms with Crippen LogP contribution in [0, 0.1) is 0 Å². The standard InChI is InChI=1S/C11H14O4S/c1-13-11(12)8-14-10-6-4-3-5-9(10)7-15-16-2/h3-6H,7-8H2,1-2H3. The summed E-state index contributed by atoms with van der Waals surface area (Å²) in [5.74, 6) is 0.238. The van der Waals surface area contributed by atoms with Crippen LogP contribution in [0.2, 0.25) is 0 Å². The smallest absolute Gasteiger partial charge is 0.343 e. The average molecular weight is 242 g/mol. The zero-order chi connectivity index (χ0) is 11.8. The van der Waals surface area contributed by atoms with Crippen LogP contribution < -0.4 is 4.74 Å². The van der Waals surface area contributed by atoms with E-state index >= 15 is 0 Å². The molecule has 0 fully saturated rings. The van der Waals surface area contributed by atoms with E-state index in [0.29, 0.717) is 12.4 Å². The van der Waals surface area contributed by atoms with Gasteiger partial charge in [0.15, 0.2) is 6.61 Å². The third-order valence-electron chi connectivity index (χ3n) is 1.88. The van der Waals surface area contributed by atoms with E-state index in [1.54, 1.807) is 6.07 Å². The van der Waals surface area contributed by atoms with Crippen LogP contribution in [0.3, 0.4) is 0 Å². The molecule has 0 aliphatic carbocycles. The van der Waals surface area contributed by atoms with E-state index in [9.17, 15) is 4.79 Å². The minimum atomic E-state index is -0.402. The maximum Gasteiger partial charge on any atom is 0.343 e. The lowest BCUT2D eigenvalue weighted by atomic mass is 10.2. The second-order valence-electron chi connectivity index (χ2n) is 2.90. The monoisotopic (exact) mass is 242 g/mol. The highest BCUT2D eigenvalue weighted by Crippen LogP contribution is 2.20. The zero-order valence-electron chi connectivity index (χ0n) is 9.26. The number of hydrogen-bond acceptors (Lipinski definition) is 5. The predicted molar refractivity (Wildman–Crippen MR) is 62.3 cm³/mol. The van der Waals surface area contributed by atoms with Crippen LogP contribution in [0.1, 0.15) is 5.56 Å². The third kappa shape index (κ3) is 4.12. The Hall–Kier alpha value is -1.20. The van der Waals surface area contributed by atoms with E-state index in [-0.39, 0.29) is 6.61 Å². The Bertz CT molecular complexity index is 341. The second kappa shape index (κ2) is 7.14. The van der Waals surface area contributed by atoms with Gasteiger partial charge in [-0.1, -0.05) is 18.2 Å². The number of carbonyl (C=O) groups excluding carboxylic acids is 1. The van der Waals surface area contributed by atoms with Gasteiger partial charge >= 0.3 is 5.97 Å². The van der Waals surface area contributed by atoms with Crippen molar-refractivity contribution >= 4 is 18.0 Å². The first-order valence-electron chi connectivity index (χ1n) is 4.71. The van der Waals surface area contributed by atoms with E-state index in [1.807, 2.05) is 24.5 Å². The molecule has 5 heteroatoms. The van der Waals surface area contributed by atoms with Gasteiger partial charge in [-0.05, 0) is 18.1 Å². The highest BCUT2D eigenvalue weighted by molar-refractivity contribution is 7.93. The van der Waals surface area contributed by atoms with E-state index in [4.69, 9.17) is 8.92 Å². The molecule has 0 aromatic heterocycles. The summed E-state index contributed by atoms with van der Waals surface area (Å²) >= 11 is 1.29. The van der Waals surface area contributed by atoms with Crippen LogP contribution in [0.4, 0.5) is 0 Å². The molecule has 0 unspecified atom stereocenters. The summed E-state index contributed by atoms with van der Waals surface area (Å²) in [4.78, 5) is 10.9. The highest BCUT2D eigenvalue weighted by atomic mass is 32.2. The lowest BCUT2D eigenvalue weighted by molar-refractivity contribution is -0.142. The average Bonchev–Trinajstić information content (AvgIpc) is 2.34. The zero-order valence-corrected chi connectivity index (χ0v) is 10.1. The molecule has 0 spiro atoms. The molecular formula is C11H14O4S. The number of esters is 1. The molecule has 0 N–H and O–H groups in total. The van der Waals surface area contributed by atoms with Crippen LogP contribution >= 0.6 is 12.0 Å².